The Hall–Kier alpha value is -4.17. The summed E-state index contributed by atoms with van der Waals surface area (Å²) in [7, 11) is 1.89. The van der Waals surface area contributed by atoms with Crippen LogP contribution in [-0.2, 0) is 31.4 Å². The van der Waals surface area contributed by atoms with Crippen LogP contribution in [0.2, 0.25) is 0 Å². The minimum atomic E-state index is -5.23. The lowest BCUT2D eigenvalue weighted by Crippen LogP contribution is -2.46. The van der Waals surface area contributed by atoms with E-state index in [9.17, 15) is 50.8 Å². The smallest absolute Gasteiger partial charge is 0.416 e. The molecule has 2 atom stereocenters. The highest BCUT2D eigenvalue weighted by Crippen LogP contribution is 2.36. The molecule has 0 saturated carbocycles. The summed E-state index contributed by atoms with van der Waals surface area (Å²) in [4.78, 5) is 47.6. The molecule has 2 aromatic carbocycles. The zero-order chi connectivity index (χ0) is 28.1. The number of alkyl halides is 6. The predicted octanol–water partition coefficient (Wildman–Crippen LogP) is 4.25. The molecule has 37 heavy (non-hydrogen) atoms. The zero-order valence-electron chi connectivity index (χ0n) is 19.0. The minimum absolute atomic E-state index is 0.0757. The van der Waals surface area contributed by atoms with Gasteiger partial charge in [0.05, 0.1) is 36.7 Å². The second-order valence-corrected chi connectivity index (χ2v) is 7.50. The fourth-order valence-electron chi connectivity index (χ4n) is 3.30. The summed E-state index contributed by atoms with van der Waals surface area (Å²) in [6.45, 7) is 0. The molecule has 15 heteroatoms. The Labute approximate surface area is 204 Å². The Morgan fingerprint density at radius 3 is 1.84 bits per heavy atom. The van der Waals surface area contributed by atoms with Gasteiger partial charge in [-0.2, -0.15) is 26.3 Å². The number of nitrogens with zero attached hydrogens (tertiary/aromatic N) is 1. The number of halogens is 6. The summed E-state index contributed by atoms with van der Waals surface area (Å²) in [6, 6.07) is 2.70. The van der Waals surface area contributed by atoms with Crippen molar-refractivity contribution >= 4 is 23.5 Å². The SMILES string of the molecule is COC(=O)C[C@@H](c1ccc([N+](=O)[O-])cc1)[C@H](NC(=O)c1cc(C(F)(F)F)cc(C(F)(F)F)c1)C(=O)OC. The molecule has 0 radical (unpaired) electrons. The maximum absolute atomic E-state index is 13.2. The molecule has 0 spiro atoms. The van der Waals surface area contributed by atoms with E-state index in [0.29, 0.717) is 0 Å². The molecule has 0 aliphatic heterocycles. The van der Waals surface area contributed by atoms with Crippen LogP contribution in [0.25, 0.3) is 0 Å². The van der Waals surface area contributed by atoms with Crippen LogP contribution in [0.4, 0.5) is 32.0 Å². The molecular weight excluding hydrogens is 518 g/mol. The molecule has 200 valence electrons. The number of ether oxygens (including phenoxy) is 2. The average Bonchev–Trinajstić information content (AvgIpc) is 2.83. The van der Waals surface area contributed by atoms with E-state index in [-0.39, 0.29) is 29.4 Å². The molecule has 0 unspecified atom stereocenters. The first-order valence-electron chi connectivity index (χ1n) is 10.1. The fraction of sp³-hybridized carbons (Fsp3) is 0.318. The largest absolute Gasteiger partial charge is 0.469 e. The topological polar surface area (TPSA) is 125 Å². The maximum atomic E-state index is 13.2. The van der Waals surface area contributed by atoms with Gasteiger partial charge in [-0.3, -0.25) is 19.7 Å². The zero-order valence-corrected chi connectivity index (χ0v) is 19.0. The fourth-order valence-corrected chi connectivity index (χ4v) is 3.30. The molecular formula is C22H18F6N2O7. The van der Waals surface area contributed by atoms with Crippen LogP contribution in [0.15, 0.2) is 42.5 Å². The number of nitrogens with one attached hydrogen (secondary N) is 1. The molecule has 1 N–H and O–H groups in total. The standard InChI is InChI=1S/C22H18F6N2O7/c1-36-17(31)10-16(11-3-5-15(6-4-11)30(34)35)18(20(33)37-2)29-19(32)12-7-13(21(23,24)25)9-14(8-12)22(26,27)28/h3-9,16,18H,10H2,1-2H3,(H,29,32)/t16-,18-/m0/s1. The lowest BCUT2D eigenvalue weighted by atomic mass is 9.88. The number of carbonyl (C=O) groups excluding carboxylic acids is 3. The maximum Gasteiger partial charge on any atom is 0.416 e. The number of hydrogen-bond acceptors (Lipinski definition) is 7. The van der Waals surface area contributed by atoms with E-state index < -0.39 is 70.2 Å². The van der Waals surface area contributed by atoms with Gasteiger partial charge >= 0.3 is 24.3 Å². The summed E-state index contributed by atoms with van der Waals surface area (Å²) in [5.74, 6) is -4.96. The van der Waals surface area contributed by atoms with Crippen molar-refractivity contribution in [2.24, 2.45) is 0 Å². The molecule has 0 aliphatic carbocycles. The lowest BCUT2D eigenvalue weighted by Gasteiger charge is -2.26. The summed E-state index contributed by atoms with van der Waals surface area (Å²) in [5.41, 5.74) is -4.88. The van der Waals surface area contributed by atoms with Gasteiger partial charge in [-0.1, -0.05) is 12.1 Å². The summed E-state index contributed by atoms with van der Waals surface area (Å²) in [6.07, 6.45) is -11.1. The highest BCUT2D eigenvalue weighted by Gasteiger charge is 2.39. The number of non-ortho nitro benzene ring substituents is 1. The van der Waals surface area contributed by atoms with Crippen molar-refractivity contribution in [1.82, 2.24) is 5.32 Å². The minimum Gasteiger partial charge on any atom is -0.469 e. The number of hydrogen-bond donors (Lipinski definition) is 1. The molecule has 0 aromatic heterocycles. The van der Waals surface area contributed by atoms with Gasteiger partial charge in [-0.25, -0.2) is 4.79 Å². The van der Waals surface area contributed by atoms with Crippen LogP contribution in [0.5, 0.6) is 0 Å². The van der Waals surface area contributed by atoms with Crippen LogP contribution in [-0.4, -0.2) is 43.0 Å². The average molecular weight is 536 g/mol. The second-order valence-electron chi connectivity index (χ2n) is 7.50. The van der Waals surface area contributed by atoms with Crippen LogP contribution < -0.4 is 5.32 Å². The van der Waals surface area contributed by atoms with E-state index in [1.807, 2.05) is 5.32 Å². The molecule has 2 rings (SSSR count). The first kappa shape index (κ1) is 29.1. The van der Waals surface area contributed by atoms with Crippen LogP contribution in [0.3, 0.4) is 0 Å². The van der Waals surface area contributed by atoms with E-state index >= 15 is 0 Å². The van der Waals surface area contributed by atoms with E-state index in [4.69, 9.17) is 0 Å². The third kappa shape index (κ3) is 7.41. The van der Waals surface area contributed by atoms with E-state index in [0.717, 1.165) is 38.5 Å². The molecule has 2 aromatic rings. The van der Waals surface area contributed by atoms with Gasteiger partial charge in [0.25, 0.3) is 11.6 Å². The van der Waals surface area contributed by atoms with E-state index in [2.05, 4.69) is 9.47 Å². The van der Waals surface area contributed by atoms with Gasteiger partial charge < -0.3 is 14.8 Å². The second kappa shape index (κ2) is 11.3. The molecule has 0 bridgehead atoms. The monoisotopic (exact) mass is 536 g/mol. The highest BCUT2D eigenvalue weighted by atomic mass is 19.4. The number of esters is 2. The van der Waals surface area contributed by atoms with Crippen molar-refractivity contribution in [1.29, 1.82) is 0 Å². The molecule has 0 saturated heterocycles. The van der Waals surface area contributed by atoms with Crippen molar-refractivity contribution in [3.63, 3.8) is 0 Å². The third-order valence-electron chi connectivity index (χ3n) is 5.14. The Balaban J connectivity index is 2.57. The summed E-state index contributed by atoms with van der Waals surface area (Å²) >= 11 is 0. The number of methoxy groups -OCH3 is 2. The van der Waals surface area contributed by atoms with Crippen LogP contribution in [0, 0.1) is 10.1 Å². The summed E-state index contributed by atoms with van der Waals surface area (Å²) in [5, 5.41) is 13.0. The van der Waals surface area contributed by atoms with Crippen molar-refractivity contribution in [2.45, 2.75) is 30.7 Å². The molecule has 0 aliphatic rings. The highest BCUT2D eigenvalue weighted by molar-refractivity contribution is 5.97. The van der Waals surface area contributed by atoms with Gasteiger partial charge in [0.1, 0.15) is 6.04 Å². The number of rotatable bonds is 8. The van der Waals surface area contributed by atoms with Gasteiger partial charge in [0.15, 0.2) is 0 Å². The molecule has 0 heterocycles. The number of carbonyl (C=O) groups is 3. The Morgan fingerprint density at radius 1 is 0.919 bits per heavy atom. The van der Waals surface area contributed by atoms with Crippen molar-refractivity contribution in [3.05, 3.63) is 74.8 Å². The first-order chi connectivity index (χ1) is 17.1. The Kier molecular flexibility index (Phi) is 8.85. The molecule has 9 nitrogen and oxygen atoms in total. The normalized spacial score (nSPS) is 13.3. The number of nitro groups is 1. The number of amides is 1. The number of benzene rings is 2. The lowest BCUT2D eigenvalue weighted by molar-refractivity contribution is -0.384. The summed E-state index contributed by atoms with van der Waals surface area (Å²) < 4.78 is 88.3. The van der Waals surface area contributed by atoms with Gasteiger partial charge in [0.2, 0.25) is 0 Å². The van der Waals surface area contributed by atoms with Crippen molar-refractivity contribution in [3.8, 4) is 0 Å². The third-order valence-corrected chi connectivity index (χ3v) is 5.14. The molecule has 0 fully saturated rings. The van der Waals surface area contributed by atoms with Gasteiger partial charge in [-0.05, 0) is 23.8 Å². The van der Waals surface area contributed by atoms with Crippen molar-refractivity contribution in [2.75, 3.05) is 14.2 Å². The van der Waals surface area contributed by atoms with Gasteiger partial charge in [0, 0.05) is 23.6 Å². The quantitative estimate of drug-likeness (QED) is 0.232. The number of nitro benzene ring substituents is 1. The Bertz CT molecular complexity index is 1150. The van der Waals surface area contributed by atoms with Crippen LogP contribution >= 0.6 is 0 Å². The predicted molar refractivity (Wildman–Crippen MR) is 112 cm³/mol. The Morgan fingerprint density at radius 2 is 1.43 bits per heavy atom. The first-order valence-corrected chi connectivity index (χ1v) is 10.1. The van der Waals surface area contributed by atoms with Crippen LogP contribution in [0.1, 0.15) is 39.4 Å². The molecule has 1 amide bonds. The van der Waals surface area contributed by atoms with Crippen molar-refractivity contribution < 1.29 is 55.1 Å². The van der Waals surface area contributed by atoms with E-state index in [1.165, 1.54) is 0 Å². The van der Waals surface area contributed by atoms with Gasteiger partial charge in [-0.15, -0.1) is 0 Å². The van der Waals surface area contributed by atoms with E-state index in [1.54, 1.807) is 0 Å².